The molecular formula is C46H62N2O3. The molecule has 0 aliphatic heterocycles. The molecule has 0 saturated carbocycles. The maximum Gasteiger partial charge on any atom is 0.253 e. The van der Waals surface area contributed by atoms with E-state index in [0.29, 0.717) is 25.3 Å². The van der Waals surface area contributed by atoms with Crippen LogP contribution in [-0.2, 0) is 22.4 Å². The Hall–Kier alpha value is -4.77. The van der Waals surface area contributed by atoms with Crippen LogP contribution >= 0.6 is 0 Å². The number of Topliss-reactive ketones (excluding diaryl/α,β-unsaturated/α-hetero) is 1. The van der Waals surface area contributed by atoms with E-state index < -0.39 is 0 Å². The van der Waals surface area contributed by atoms with Gasteiger partial charge in [0, 0.05) is 36.9 Å². The number of rotatable bonds is 12. The topological polar surface area (TPSA) is 80.5 Å². The van der Waals surface area contributed by atoms with Gasteiger partial charge in [0.1, 0.15) is 5.78 Å². The summed E-state index contributed by atoms with van der Waals surface area (Å²) in [6.07, 6.45) is 10.4. The molecule has 51 heavy (non-hydrogen) atoms. The Morgan fingerprint density at radius 1 is 0.765 bits per heavy atom. The summed E-state index contributed by atoms with van der Waals surface area (Å²) >= 11 is 0. The van der Waals surface area contributed by atoms with E-state index in [4.69, 9.17) is 4.79 Å². The standard InChI is InChI=1S/C33H31NO.C7H14O.C3H8.C2H6.CH3NO/c35-33(30-16-8-3-9-17-30)34(24-22-29-19-10-18-28-20-11-21-31(28)29)25-23-32(26-12-4-1-5-13-26)27-14-6-2-7-15-27;1-4-6(3)7(8)5-2;1-3-2;1-2;2-1-3/h1-19,21,32H,20,22-25H2;6H,4-5H2,1-3H3;3H2,1-2H3;1-2H3;1H,(H2,2,3). The van der Waals surface area contributed by atoms with Gasteiger partial charge in [-0.05, 0) is 65.6 Å². The van der Waals surface area contributed by atoms with E-state index in [1.165, 1.54) is 34.2 Å². The molecule has 0 spiro atoms. The molecule has 0 bridgehead atoms. The van der Waals surface area contributed by atoms with E-state index in [1.807, 2.05) is 69.9 Å². The molecule has 0 saturated heterocycles. The number of primary amides is 1. The Balaban J connectivity index is 0.000000690. The highest BCUT2D eigenvalue weighted by Crippen LogP contribution is 2.29. The fourth-order valence-electron chi connectivity index (χ4n) is 5.67. The minimum Gasteiger partial charge on any atom is -0.372 e. The molecule has 1 unspecified atom stereocenters. The largest absolute Gasteiger partial charge is 0.372 e. The molecular weight excluding hydrogens is 629 g/mol. The summed E-state index contributed by atoms with van der Waals surface area (Å²) in [5.41, 5.74) is 11.5. The van der Waals surface area contributed by atoms with Crippen LogP contribution in [0.15, 0.2) is 115 Å². The van der Waals surface area contributed by atoms with Crippen molar-refractivity contribution in [1.29, 1.82) is 0 Å². The molecule has 274 valence electrons. The third-order valence-electron chi connectivity index (χ3n) is 8.47. The zero-order valence-corrected chi connectivity index (χ0v) is 32.2. The fourth-order valence-corrected chi connectivity index (χ4v) is 5.67. The molecule has 0 heterocycles. The normalized spacial score (nSPS) is 11.1. The van der Waals surface area contributed by atoms with Crippen molar-refractivity contribution >= 4 is 24.2 Å². The number of hydrogen-bond donors (Lipinski definition) is 1. The van der Waals surface area contributed by atoms with Crippen LogP contribution in [0.25, 0.3) is 6.08 Å². The van der Waals surface area contributed by atoms with Crippen LogP contribution in [0.2, 0.25) is 0 Å². The second-order valence-corrected chi connectivity index (χ2v) is 12.1. The van der Waals surface area contributed by atoms with Crippen LogP contribution in [0.3, 0.4) is 0 Å². The summed E-state index contributed by atoms with van der Waals surface area (Å²) in [5, 5.41) is 0. The summed E-state index contributed by atoms with van der Waals surface area (Å²) < 4.78 is 0. The van der Waals surface area contributed by atoms with Crippen molar-refractivity contribution in [2.45, 2.75) is 92.9 Å². The van der Waals surface area contributed by atoms with Crippen molar-refractivity contribution in [3.05, 3.63) is 149 Å². The highest BCUT2D eigenvalue weighted by Gasteiger charge is 2.21. The molecule has 0 aromatic heterocycles. The quantitative estimate of drug-likeness (QED) is 0.150. The molecule has 5 heteroatoms. The Kier molecular flexibility index (Phi) is 23.4. The second-order valence-electron chi connectivity index (χ2n) is 12.1. The Morgan fingerprint density at radius 2 is 1.27 bits per heavy atom. The van der Waals surface area contributed by atoms with Gasteiger partial charge < -0.3 is 10.6 Å². The van der Waals surface area contributed by atoms with E-state index in [9.17, 15) is 9.59 Å². The minimum atomic E-state index is 0.105. The van der Waals surface area contributed by atoms with Gasteiger partial charge in [0.15, 0.2) is 0 Å². The number of carbonyl (C=O) groups excluding carboxylic acids is 3. The van der Waals surface area contributed by atoms with Gasteiger partial charge in [-0.3, -0.25) is 14.4 Å². The van der Waals surface area contributed by atoms with Crippen molar-refractivity contribution in [1.82, 2.24) is 4.90 Å². The van der Waals surface area contributed by atoms with Crippen LogP contribution in [0.1, 0.15) is 118 Å². The monoisotopic (exact) mass is 690 g/mol. The molecule has 4 aromatic rings. The van der Waals surface area contributed by atoms with Crippen molar-refractivity contribution in [2.75, 3.05) is 13.1 Å². The van der Waals surface area contributed by atoms with Crippen LogP contribution in [-0.4, -0.2) is 36.1 Å². The highest BCUT2D eigenvalue weighted by molar-refractivity contribution is 5.94. The summed E-state index contributed by atoms with van der Waals surface area (Å²) in [5.74, 6) is 1.01. The van der Waals surface area contributed by atoms with Gasteiger partial charge in [-0.25, -0.2) is 0 Å². The molecule has 5 nitrogen and oxygen atoms in total. The molecule has 4 aromatic carbocycles. The average molecular weight is 691 g/mol. The first-order chi connectivity index (χ1) is 24.8. The number of allylic oxidation sites excluding steroid dienone is 1. The smallest absolute Gasteiger partial charge is 0.253 e. The third-order valence-corrected chi connectivity index (χ3v) is 8.47. The summed E-state index contributed by atoms with van der Waals surface area (Å²) in [6, 6.07) is 37.5. The minimum absolute atomic E-state index is 0.105. The first-order valence-corrected chi connectivity index (χ1v) is 18.7. The highest BCUT2D eigenvalue weighted by atomic mass is 16.2. The SMILES string of the molecule is CC.CCC.CCC(=O)C(C)CC.NC=O.O=C(c1ccccc1)N(CCc1cccc2c1C=CC2)CCC(c1ccccc1)c1ccccc1. The lowest BCUT2D eigenvalue weighted by atomic mass is 9.88. The number of benzene rings is 4. The number of nitrogens with zero attached hydrogens (tertiary/aromatic N) is 1. The molecule has 5 rings (SSSR count). The molecule has 0 radical (unpaired) electrons. The van der Waals surface area contributed by atoms with Crippen LogP contribution in [0.5, 0.6) is 0 Å². The number of carbonyl (C=O) groups is 3. The van der Waals surface area contributed by atoms with Crippen molar-refractivity contribution in [3.63, 3.8) is 0 Å². The second kappa shape index (κ2) is 27.0. The van der Waals surface area contributed by atoms with Gasteiger partial charge in [0.05, 0.1) is 0 Å². The average Bonchev–Trinajstić information content (AvgIpc) is 3.68. The first kappa shape index (κ1) is 44.3. The van der Waals surface area contributed by atoms with E-state index in [-0.39, 0.29) is 24.2 Å². The number of amides is 2. The zero-order chi connectivity index (χ0) is 37.9. The lowest BCUT2D eigenvalue weighted by Crippen LogP contribution is -2.34. The third kappa shape index (κ3) is 15.8. The summed E-state index contributed by atoms with van der Waals surface area (Å²) in [6.45, 7) is 15.6. The molecule has 0 fully saturated rings. The maximum absolute atomic E-state index is 13.6. The maximum atomic E-state index is 13.6. The van der Waals surface area contributed by atoms with Gasteiger partial charge in [0.25, 0.3) is 5.91 Å². The van der Waals surface area contributed by atoms with Crippen molar-refractivity contribution in [3.8, 4) is 0 Å². The predicted molar refractivity (Wildman–Crippen MR) is 217 cm³/mol. The van der Waals surface area contributed by atoms with E-state index in [2.05, 4.69) is 111 Å². The Bertz CT molecular complexity index is 1500. The van der Waals surface area contributed by atoms with Gasteiger partial charge in [-0.1, -0.05) is 164 Å². The van der Waals surface area contributed by atoms with Crippen molar-refractivity contribution < 1.29 is 14.4 Å². The molecule has 1 atom stereocenters. The molecule has 1 aliphatic rings. The lowest BCUT2D eigenvalue weighted by Gasteiger charge is -2.27. The van der Waals surface area contributed by atoms with Crippen molar-refractivity contribution in [2.24, 2.45) is 11.7 Å². The van der Waals surface area contributed by atoms with Crippen LogP contribution in [0, 0.1) is 5.92 Å². The Labute approximate surface area is 309 Å². The van der Waals surface area contributed by atoms with Gasteiger partial charge >= 0.3 is 0 Å². The summed E-state index contributed by atoms with van der Waals surface area (Å²) in [7, 11) is 0. The first-order valence-electron chi connectivity index (χ1n) is 18.7. The fraction of sp³-hybridized carbons (Fsp3) is 0.370. The molecule has 2 N–H and O–H groups in total. The predicted octanol–water partition coefficient (Wildman–Crippen LogP) is 10.7. The van der Waals surface area contributed by atoms with Crippen LogP contribution in [0.4, 0.5) is 0 Å². The molecule has 2 amide bonds. The summed E-state index contributed by atoms with van der Waals surface area (Å²) in [4.78, 5) is 35.0. The van der Waals surface area contributed by atoms with Gasteiger partial charge in [-0.2, -0.15) is 0 Å². The van der Waals surface area contributed by atoms with E-state index in [1.54, 1.807) is 0 Å². The molecule has 1 aliphatic carbocycles. The zero-order valence-electron chi connectivity index (χ0n) is 32.2. The Morgan fingerprint density at radius 3 is 1.75 bits per heavy atom. The lowest BCUT2D eigenvalue weighted by molar-refractivity contribution is -0.122. The van der Waals surface area contributed by atoms with E-state index >= 15 is 0 Å². The van der Waals surface area contributed by atoms with Gasteiger partial charge in [0.2, 0.25) is 6.41 Å². The number of fused-ring (bicyclic) bond motifs is 1. The number of hydrogen-bond acceptors (Lipinski definition) is 3. The van der Waals surface area contributed by atoms with Gasteiger partial charge in [-0.15, -0.1) is 0 Å². The number of ketones is 1. The van der Waals surface area contributed by atoms with Crippen LogP contribution < -0.4 is 5.73 Å². The van der Waals surface area contributed by atoms with E-state index in [0.717, 1.165) is 31.2 Å². The number of nitrogens with two attached hydrogens (primary N) is 1.